The second-order valence-electron chi connectivity index (χ2n) is 6.43. The summed E-state index contributed by atoms with van der Waals surface area (Å²) in [5.74, 6) is 5.51. The monoisotopic (exact) mass is 271 g/mol. The van der Waals surface area contributed by atoms with Crippen molar-refractivity contribution >= 4 is 5.97 Å². The first kappa shape index (κ1) is 14.6. The molecule has 0 aliphatic carbocycles. The summed E-state index contributed by atoms with van der Waals surface area (Å²) in [5, 5.41) is 8.84. The third-order valence-electron chi connectivity index (χ3n) is 3.25. The van der Waals surface area contributed by atoms with Crippen LogP contribution >= 0.6 is 0 Å². The van der Waals surface area contributed by atoms with Crippen LogP contribution < -0.4 is 0 Å². The summed E-state index contributed by atoms with van der Waals surface area (Å²) in [4.78, 5) is 12.9. The Morgan fingerprint density at radius 3 is 2.40 bits per heavy atom. The molecular formula is C17H21NO2. The van der Waals surface area contributed by atoms with Gasteiger partial charge in [0, 0.05) is 30.6 Å². The Kier molecular flexibility index (Phi) is 4.15. The van der Waals surface area contributed by atoms with E-state index in [-0.39, 0.29) is 11.3 Å². The maximum atomic E-state index is 10.7. The Hall–Kier alpha value is -1.79. The number of likely N-dealkylation sites (tertiary alicyclic amines) is 1. The number of aliphatic carboxylic acids is 1. The predicted molar refractivity (Wildman–Crippen MR) is 79.2 cm³/mol. The third kappa shape index (κ3) is 4.11. The highest BCUT2D eigenvalue weighted by atomic mass is 16.4. The van der Waals surface area contributed by atoms with Crippen molar-refractivity contribution in [2.45, 2.75) is 27.3 Å². The Balaban J connectivity index is 1.89. The first-order valence-electron chi connectivity index (χ1n) is 6.91. The molecule has 20 heavy (non-hydrogen) atoms. The van der Waals surface area contributed by atoms with E-state index in [1.807, 2.05) is 12.1 Å². The van der Waals surface area contributed by atoms with Crippen molar-refractivity contribution in [1.82, 2.24) is 4.90 Å². The average Bonchev–Trinajstić information content (AvgIpc) is 2.30. The van der Waals surface area contributed by atoms with Crippen LogP contribution in [0.4, 0.5) is 0 Å². The Bertz CT molecular complexity index is 537. The smallest absolute Gasteiger partial charge is 0.309 e. The van der Waals surface area contributed by atoms with Crippen LogP contribution in [0.15, 0.2) is 24.3 Å². The average molecular weight is 271 g/mol. The maximum Gasteiger partial charge on any atom is 0.309 e. The fraction of sp³-hybridized carbons (Fsp3) is 0.471. The second kappa shape index (κ2) is 5.68. The van der Waals surface area contributed by atoms with Crippen LogP contribution in [-0.2, 0) is 11.3 Å². The molecule has 1 aromatic carbocycles. The quantitative estimate of drug-likeness (QED) is 0.859. The van der Waals surface area contributed by atoms with Crippen LogP contribution in [0.3, 0.4) is 0 Å². The number of carbonyl (C=O) groups is 1. The van der Waals surface area contributed by atoms with Gasteiger partial charge in [0.2, 0.25) is 0 Å². The number of hydrogen-bond acceptors (Lipinski definition) is 2. The van der Waals surface area contributed by atoms with E-state index in [1.54, 1.807) is 0 Å². The zero-order valence-corrected chi connectivity index (χ0v) is 12.3. The number of hydrogen-bond donors (Lipinski definition) is 1. The molecule has 3 heteroatoms. The van der Waals surface area contributed by atoms with Crippen LogP contribution in [0.2, 0.25) is 0 Å². The van der Waals surface area contributed by atoms with Gasteiger partial charge in [-0.05, 0) is 38.5 Å². The summed E-state index contributed by atoms with van der Waals surface area (Å²) in [6.07, 6.45) is 0. The Labute approximate surface area is 120 Å². The highest BCUT2D eigenvalue weighted by molar-refractivity contribution is 5.71. The lowest BCUT2D eigenvalue weighted by atomic mass is 9.97. The Morgan fingerprint density at radius 2 is 1.90 bits per heavy atom. The van der Waals surface area contributed by atoms with Gasteiger partial charge in [0.15, 0.2) is 0 Å². The van der Waals surface area contributed by atoms with Gasteiger partial charge in [0.25, 0.3) is 0 Å². The summed E-state index contributed by atoms with van der Waals surface area (Å²) in [6.45, 7) is 8.41. The zero-order chi connectivity index (χ0) is 14.8. The van der Waals surface area contributed by atoms with Crippen molar-refractivity contribution in [3.05, 3.63) is 35.4 Å². The van der Waals surface area contributed by atoms with Crippen molar-refractivity contribution in [1.29, 1.82) is 0 Å². The molecule has 1 aliphatic heterocycles. The molecule has 1 heterocycles. The molecule has 1 aromatic rings. The van der Waals surface area contributed by atoms with Crippen molar-refractivity contribution in [2.75, 3.05) is 13.1 Å². The fourth-order valence-electron chi connectivity index (χ4n) is 2.07. The lowest BCUT2D eigenvalue weighted by molar-refractivity contribution is -0.147. The molecule has 1 aliphatic rings. The first-order valence-corrected chi connectivity index (χ1v) is 6.91. The molecule has 3 nitrogen and oxygen atoms in total. The first-order chi connectivity index (χ1) is 9.33. The van der Waals surface area contributed by atoms with E-state index in [0.717, 1.165) is 12.1 Å². The molecule has 0 amide bonds. The number of benzene rings is 1. The van der Waals surface area contributed by atoms with Gasteiger partial charge in [0.05, 0.1) is 5.92 Å². The minimum atomic E-state index is -0.686. The van der Waals surface area contributed by atoms with Crippen LogP contribution in [0.1, 0.15) is 31.9 Å². The molecule has 0 bridgehead atoms. The summed E-state index contributed by atoms with van der Waals surface area (Å²) >= 11 is 0. The van der Waals surface area contributed by atoms with Crippen LogP contribution in [0, 0.1) is 23.2 Å². The van der Waals surface area contributed by atoms with E-state index in [2.05, 4.69) is 49.6 Å². The molecule has 0 unspecified atom stereocenters. The van der Waals surface area contributed by atoms with Gasteiger partial charge in [-0.3, -0.25) is 9.69 Å². The van der Waals surface area contributed by atoms with Crippen molar-refractivity contribution in [3.63, 3.8) is 0 Å². The minimum Gasteiger partial charge on any atom is -0.481 e. The molecule has 0 radical (unpaired) electrons. The van der Waals surface area contributed by atoms with E-state index >= 15 is 0 Å². The van der Waals surface area contributed by atoms with E-state index < -0.39 is 5.97 Å². The van der Waals surface area contributed by atoms with Gasteiger partial charge >= 0.3 is 5.97 Å². The molecule has 1 saturated heterocycles. The minimum absolute atomic E-state index is 0.0160. The second-order valence-corrected chi connectivity index (χ2v) is 6.43. The van der Waals surface area contributed by atoms with Gasteiger partial charge in [0.1, 0.15) is 0 Å². The summed E-state index contributed by atoms with van der Waals surface area (Å²) in [5.41, 5.74) is 2.24. The van der Waals surface area contributed by atoms with Gasteiger partial charge in [-0.25, -0.2) is 0 Å². The maximum absolute atomic E-state index is 10.7. The van der Waals surface area contributed by atoms with Crippen LogP contribution in [0.5, 0.6) is 0 Å². The summed E-state index contributed by atoms with van der Waals surface area (Å²) in [6, 6.07) is 8.20. The SMILES string of the molecule is CC(C)(C)C#Cc1ccc(CN2CC(C(=O)O)C2)cc1. The molecule has 0 saturated carbocycles. The molecule has 1 fully saturated rings. The highest BCUT2D eigenvalue weighted by Gasteiger charge is 2.31. The van der Waals surface area contributed by atoms with Crippen molar-refractivity contribution < 1.29 is 9.90 Å². The van der Waals surface area contributed by atoms with E-state index in [4.69, 9.17) is 5.11 Å². The molecule has 2 rings (SSSR count). The van der Waals surface area contributed by atoms with Gasteiger partial charge in [-0.1, -0.05) is 24.0 Å². The lowest BCUT2D eigenvalue weighted by Crippen LogP contribution is -2.49. The topological polar surface area (TPSA) is 40.5 Å². The third-order valence-corrected chi connectivity index (χ3v) is 3.25. The Morgan fingerprint density at radius 1 is 1.30 bits per heavy atom. The normalized spacial score (nSPS) is 16.1. The summed E-state index contributed by atoms with van der Waals surface area (Å²) in [7, 11) is 0. The highest BCUT2D eigenvalue weighted by Crippen LogP contribution is 2.19. The van der Waals surface area contributed by atoms with Gasteiger partial charge < -0.3 is 5.11 Å². The number of carboxylic acid groups (broad SMARTS) is 1. The zero-order valence-electron chi connectivity index (χ0n) is 12.3. The fourth-order valence-corrected chi connectivity index (χ4v) is 2.07. The predicted octanol–water partition coefficient (Wildman–Crippen LogP) is 2.60. The largest absolute Gasteiger partial charge is 0.481 e. The van der Waals surface area contributed by atoms with Crippen LogP contribution in [-0.4, -0.2) is 29.1 Å². The van der Waals surface area contributed by atoms with E-state index in [0.29, 0.717) is 13.1 Å². The van der Waals surface area contributed by atoms with Crippen molar-refractivity contribution in [3.8, 4) is 11.8 Å². The lowest BCUT2D eigenvalue weighted by Gasteiger charge is -2.36. The molecule has 1 N–H and O–H groups in total. The van der Waals surface area contributed by atoms with Gasteiger partial charge in [-0.15, -0.1) is 0 Å². The number of rotatable bonds is 3. The standard InChI is InChI=1S/C17H21NO2/c1-17(2,3)9-8-13-4-6-14(7-5-13)10-18-11-15(12-18)16(19)20/h4-7,15H,10-12H2,1-3H3,(H,19,20). The molecule has 0 atom stereocenters. The summed E-state index contributed by atoms with van der Waals surface area (Å²) < 4.78 is 0. The van der Waals surface area contributed by atoms with E-state index in [1.165, 1.54) is 5.56 Å². The molecule has 0 aromatic heterocycles. The van der Waals surface area contributed by atoms with Gasteiger partial charge in [-0.2, -0.15) is 0 Å². The van der Waals surface area contributed by atoms with E-state index in [9.17, 15) is 4.79 Å². The molecule has 106 valence electrons. The number of nitrogens with zero attached hydrogens (tertiary/aromatic N) is 1. The molecular weight excluding hydrogens is 250 g/mol. The number of carboxylic acids is 1. The molecule has 0 spiro atoms. The van der Waals surface area contributed by atoms with Crippen molar-refractivity contribution in [2.24, 2.45) is 11.3 Å². The van der Waals surface area contributed by atoms with Crippen LogP contribution in [0.25, 0.3) is 0 Å².